The van der Waals surface area contributed by atoms with E-state index in [-0.39, 0.29) is 17.8 Å². The quantitative estimate of drug-likeness (QED) is 0.681. The average Bonchev–Trinajstić information content (AvgIpc) is 3.20. The molecule has 1 N–H and O–H groups in total. The first kappa shape index (κ1) is 19.2. The van der Waals surface area contributed by atoms with Crippen LogP contribution >= 0.6 is 0 Å². The van der Waals surface area contributed by atoms with Crippen molar-refractivity contribution in [1.29, 1.82) is 0 Å². The predicted octanol–water partition coefficient (Wildman–Crippen LogP) is 4.75. The number of halogens is 1. The number of amides is 1. The maximum Gasteiger partial charge on any atom is 0.270 e. The first-order valence-corrected chi connectivity index (χ1v) is 9.96. The number of rotatable bonds is 5. The second kappa shape index (κ2) is 8.47. The van der Waals surface area contributed by atoms with Crippen molar-refractivity contribution in [1.82, 2.24) is 15.1 Å². The molecule has 0 aliphatic heterocycles. The largest absolute Gasteiger partial charge is 0.497 e. The molecular weight excluding hydrogens is 369 g/mol. The number of nitrogens with zero attached hydrogens (tertiary/aromatic N) is 2. The van der Waals surface area contributed by atoms with Crippen molar-refractivity contribution in [2.24, 2.45) is 0 Å². The van der Waals surface area contributed by atoms with Crippen LogP contribution in [0.5, 0.6) is 5.75 Å². The van der Waals surface area contributed by atoms with E-state index in [9.17, 15) is 9.18 Å². The molecule has 5 nitrogen and oxygen atoms in total. The Labute approximate surface area is 169 Å². The Morgan fingerprint density at radius 2 is 1.83 bits per heavy atom. The van der Waals surface area contributed by atoms with E-state index in [0.29, 0.717) is 28.4 Å². The summed E-state index contributed by atoms with van der Waals surface area (Å²) in [7, 11) is 1.60. The third-order valence-electron chi connectivity index (χ3n) is 5.35. The summed E-state index contributed by atoms with van der Waals surface area (Å²) in [6.45, 7) is 0. The number of methoxy groups -OCH3 is 1. The van der Waals surface area contributed by atoms with Crippen molar-refractivity contribution in [2.75, 3.05) is 7.11 Å². The average molecular weight is 393 g/mol. The van der Waals surface area contributed by atoms with Crippen LogP contribution in [0.3, 0.4) is 0 Å². The van der Waals surface area contributed by atoms with Crippen LogP contribution in [0.15, 0.2) is 54.6 Å². The van der Waals surface area contributed by atoms with Gasteiger partial charge >= 0.3 is 0 Å². The van der Waals surface area contributed by atoms with Crippen molar-refractivity contribution >= 4 is 5.91 Å². The van der Waals surface area contributed by atoms with Crippen LogP contribution in [0.25, 0.3) is 16.9 Å². The molecule has 0 radical (unpaired) electrons. The van der Waals surface area contributed by atoms with Crippen LogP contribution < -0.4 is 10.1 Å². The number of carbonyl (C=O) groups is 1. The molecule has 0 spiro atoms. The first-order valence-electron chi connectivity index (χ1n) is 9.96. The Kier molecular flexibility index (Phi) is 5.60. The second-order valence-electron chi connectivity index (χ2n) is 7.31. The minimum absolute atomic E-state index is 0.173. The summed E-state index contributed by atoms with van der Waals surface area (Å²) < 4.78 is 21.1. The van der Waals surface area contributed by atoms with Crippen molar-refractivity contribution in [3.05, 3.63) is 66.1 Å². The summed E-state index contributed by atoms with van der Waals surface area (Å²) >= 11 is 0. The van der Waals surface area contributed by atoms with Gasteiger partial charge in [0.1, 0.15) is 17.3 Å². The SMILES string of the molecule is COc1ccc(-n2nc(-c3ccccc3F)cc2C(=O)NC2CCCCC2)cc1. The van der Waals surface area contributed by atoms with Gasteiger partial charge in [-0.2, -0.15) is 5.10 Å². The van der Waals surface area contributed by atoms with Gasteiger partial charge in [0.2, 0.25) is 0 Å². The van der Waals surface area contributed by atoms with Crippen LogP contribution in [0.2, 0.25) is 0 Å². The summed E-state index contributed by atoms with van der Waals surface area (Å²) in [6.07, 6.45) is 5.45. The molecule has 1 saturated carbocycles. The number of aromatic nitrogens is 2. The van der Waals surface area contributed by atoms with Crippen molar-refractivity contribution in [3.8, 4) is 22.7 Å². The molecule has 6 heteroatoms. The molecule has 0 bridgehead atoms. The minimum atomic E-state index is -0.369. The Bertz CT molecular complexity index is 992. The summed E-state index contributed by atoms with van der Waals surface area (Å²) in [5.41, 5.74) is 1.89. The molecule has 0 saturated heterocycles. The van der Waals surface area contributed by atoms with Gasteiger partial charge in [-0.1, -0.05) is 31.4 Å². The van der Waals surface area contributed by atoms with E-state index in [1.54, 1.807) is 36.1 Å². The first-order chi connectivity index (χ1) is 14.2. The smallest absolute Gasteiger partial charge is 0.270 e. The fraction of sp³-hybridized carbons (Fsp3) is 0.304. The third kappa shape index (κ3) is 4.16. The van der Waals surface area contributed by atoms with Gasteiger partial charge in [-0.3, -0.25) is 4.79 Å². The maximum atomic E-state index is 14.3. The highest BCUT2D eigenvalue weighted by Crippen LogP contribution is 2.26. The number of nitrogens with one attached hydrogen (secondary N) is 1. The Morgan fingerprint density at radius 3 is 2.52 bits per heavy atom. The Balaban J connectivity index is 1.72. The normalized spacial score (nSPS) is 14.6. The van der Waals surface area contributed by atoms with E-state index in [4.69, 9.17) is 4.74 Å². The molecule has 3 aromatic rings. The molecule has 0 unspecified atom stereocenters. The Hall–Kier alpha value is -3.15. The molecule has 1 fully saturated rings. The highest BCUT2D eigenvalue weighted by molar-refractivity contribution is 5.94. The van der Waals surface area contributed by atoms with Gasteiger partial charge < -0.3 is 10.1 Å². The lowest BCUT2D eigenvalue weighted by Gasteiger charge is -2.22. The third-order valence-corrected chi connectivity index (χ3v) is 5.35. The number of ether oxygens (including phenoxy) is 1. The molecule has 1 aromatic heterocycles. The van der Waals surface area contributed by atoms with Crippen LogP contribution in [-0.2, 0) is 0 Å². The van der Waals surface area contributed by atoms with Crippen molar-refractivity contribution in [2.45, 2.75) is 38.1 Å². The van der Waals surface area contributed by atoms with E-state index >= 15 is 0 Å². The van der Waals surface area contributed by atoms with Crippen LogP contribution in [0, 0.1) is 5.82 Å². The molecule has 1 aliphatic rings. The highest BCUT2D eigenvalue weighted by atomic mass is 19.1. The van der Waals surface area contributed by atoms with Gasteiger partial charge in [0.25, 0.3) is 5.91 Å². The lowest BCUT2D eigenvalue weighted by molar-refractivity contribution is 0.0920. The number of carbonyl (C=O) groups excluding carboxylic acids is 1. The fourth-order valence-electron chi connectivity index (χ4n) is 3.77. The molecule has 0 atom stereocenters. The van der Waals surface area contributed by atoms with E-state index in [1.807, 2.05) is 24.3 Å². The van der Waals surface area contributed by atoms with Crippen molar-refractivity contribution in [3.63, 3.8) is 0 Å². The van der Waals surface area contributed by atoms with E-state index in [2.05, 4.69) is 10.4 Å². The zero-order chi connectivity index (χ0) is 20.2. The van der Waals surface area contributed by atoms with Gasteiger partial charge in [-0.15, -0.1) is 0 Å². The van der Waals surface area contributed by atoms with E-state index in [1.165, 1.54) is 12.5 Å². The summed E-state index contributed by atoms with van der Waals surface area (Å²) in [6, 6.07) is 15.5. The van der Waals surface area contributed by atoms with Crippen molar-refractivity contribution < 1.29 is 13.9 Å². The molecular formula is C23H24FN3O2. The van der Waals surface area contributed by atoms with Gasteiger partial charge in [0, 0.05) is 11.6 Å². The highest BCUT2D eigenvalue weighted by Gasteiger charge is 2.22. The number of hydrogen-bond donors (Lipinski definition) is 1. The number of hydrogen-bond acceptors (Lipinski definition) is 3. The predicted molar refractivity (Wildman–Crippen MR) is 110 cm³/mol. The zero-order valence-corrected chi connectivity index (χ0v) is 16.4. The van der Waals surface area contributed by atoms with Crippen LogP contribution in [-0.4, -0.2) is 28.8 Å². The van der Waals surface area contributed by atoms with Gasteiger partial charge in [0.15, 0.2) is 0 Å². The van der Waals surface area contributed by atoms with Gasteiger partial charge in [-0.05, 0) is 55.3 Å². The molecule has 4 rings (SSSR count). The van der Waals surface area contributed by atoms with E-state index < -0.39 is 0 Å². The topological polar surface area (TPSA) is 56.2 Å². The van der Waals surface area contributed by atoms with Crippen LogP contribution in [0.4, 0.5) is 4.39 Å². The van der Waals surface area contributed by atoms with E-state index in [0.717, 1.165) is 25.7 Å². The zero-order valence-electron chi connectivity index (χ0n) is 16.4. The monoisotopic (exact) mass is 393 g/mol. The second-order valence-corrected chi connectivity index (χ2v) is 7.31. The molecule has 29 heavy (non-hydrogen) atoms. The molecule has 150 valence electrons. The summed E-state index contributed by atoms with van der Waals surface area (Å²) in [4.78, 5) is 13.1. The van der Waals surface area contributed by atoms with Gasteiger partial charge in [-0.25, -0.2) is 9.07 Å². The standard InChI is InChI=1S/C23H24FN3O2/c1-29-18-13-11-17(12-14-18)27-22(23(28)25-16-7-3-2-4-8-16)15-21(26-27)19-9-5-6-10-20(19)24/h5-6,9-16H,2-4,7-8H2,1H3,(H,25,28). The summed E-state index contributed by atoms with van der Waals surface area (Å²) in [5.74, 6) is 0.150. The van der Waals surface area contributed by atoms with Gasteiger partial charge in [0.05, 0.1) is 18.5 Å². The molecule has 1 heterocycles. The maximum absolute atomic E-state index is 14.3. The molecule has 1 aliphatic carbocycles. The Morgan fingerprint density at radius 1 is 1.10 bits per heavy atom. The van der Waals surface area contributed by atoms with Crippen LogP contribution in [0.1, 0.15) is 42.6 Å². The summed E-state index contributed by atoms with van der Waals surface area (Å²) in [5, 5.41) is 7.69. The molecule has 1 amide bonds. The lowest BCUT2D eigenvalue weighted by atomic mass is 9.95. The fourth-order valence-corrected chi connectivity index (χ4v) is 3.77. The molecule has 2 aromatic carbocycles. The lowest BCUT2D eigenvalue weighted by Crippen LogP contribution is -2.37. The minimum Gasteiger partial charge on any atom is -0.497 e. The number of benzene rings is 2.